The number of hydrogen-bond acceptors (Lipinski definition) is 1. The van der Waals surface area contributed by atoms with Gasteiger partial charge < -0.3 is 5.11 Å². The lowest BCUT2D eigenvalue weighted by Crippen LogP contribution is -2.41. The summed E-state index contributed by atoms with van der Waals surface area (Å²) in [5.41, 5.74) is -0.235. The van der Waals surface area contributed by atoms with E-state index in [1.54, 1.807) is 18.2 Å². The maximum absolute atomic E-state index is 13.6. The lowest BCUT2D eigenvalue weighted by atomic mass is 9.88. The molecule has 0 aromatic heterocycles. The standard InChI is InChI=1S/C17H15F3O/c1-3-11-10(2)8-9-14-15(11)12-6-4-5-7-13(12)16(14,21)17(18,19)20/h4-9,21H,3H2,1-2H3. The molecule has 0 amide bonds. The summed E-state index contributed by atoms with van der Waals surface area (Å²) in [4.78, 5) is 0. The molecule has 2 aromatic rings. The number of alkyl halides is 3. The van der Waals surface area contributed by atoms with E-state index in [9.17, 15) is 18.3 Å². The van der Waals surface area contributed by atoms with Crippen molar-refractivity contribution in [1.82, 2.24) is 0 Å². The van der Waals surface area contributed by atoms with Crippen molar-refractivity contribution >= 4 is 0 Å². The molecule has 2 aromatic carbocycles. The number of fused-ring (bicyclic) bond motifs is 3. The minimum absolute atomic E-state index is 0.0568. The topological polar surface area (TPSA) is 20.2 Å². The van der Waals surface area contributed by atoms with Gasteiger partial charge >= 0.3 is 6.18 Å². The summed E-state index contributed by atoms with van der Waals surface area (Å²) < 4.78 is 40.8. The number of aryl methyl sites for hydroxylation is 1. The first-order valence-electron chi connectivity index (χ1n) is 6.84. The Kier molecular flexibility index (Phi) is 2.92. The van der Waals surface area contributed by atoms with Crippen LogP contribution in [0.1, 0.15) is 29.2 Å². The Labute approximate surface area is 121 Å². The third-order valence-electron chi connectivity index (χ3n) is 4.29. The highest BCUT2D eigenvalue weighted by Crippen LogP contribution is 2.56. The largest absolute Gasteiger partial charge is 0.425 e. The number of benzene rings is 2. The van der Waals surface area contributed by atoms with Crippen LogP contribution in [0, 0.1) is 6.92 Å². The molecular weight excluding hydrogens is 277 g/mol. The molecule has 21 heavy (non-hydrogen) atoms. The Morgan fingerprint density at radius 1 is 1.05 bits per heavy atom. The number of halogens is 3. The van der Waals surface area contributed by atoms with Crippen molar-refractivity contribution in [3.8, 4) is 11.1 Å². The Morgan fingerprint density at radius 3 is 2.33 bits per heavy atom. The zero-order chi connectivity index (χ0) is 15.4. The van der Waals surface area contributed by atoms with Crippen LogP contribution in [-0.4, -0.2) is 11.3 Å². The summed E-state index contributed by atoms with van der Waals surface area (Å²) in [6.07, 6.45) is -4.13. The predicted octanol–water partition coefficient (Wildman–Crippen LogP) is 4.34. The fourth-order valence-electron chi connectivity index (χ4n) is 3.28. The second-order valence-electron chi connectivity index (χ2n) is 5.39. The minimum Gasteiger partial charge on any atom is -0.372 e. The van der Waals surface area contributed by atoms with E-state index in [-0.39, 0.29) is 11.1 Å². The molecule has 110 valence electrons. The molecule has 1 aliphatic carbocycles. The van der Waals surface area contributed by atoms with Gasteiger partial charge in [-0.05, 0) is 35.6 Å². The molecule has 0 spiro atoms. The summed E-state index contributed by atoms with van der Waals surface area (Å²) in [6, 6.07) is 9.29. The molecule has 1 nitrogen and oxygen atoms in total. The zero-order valence-corrected chi connectivity index (χ0v) is 11.8. The molecule has 0 radical (unpaired) electrons. The van der Waals surface area contributed by atoms with Gasteiger partial charge in [-0.3, -0.25) is 0 Å². The second kappa shape index (κ2) is 4.34. The van der Waals surface area contributed by atoms with Crippen LogP contribution in [0.4, 0.5) is 13.2 Å². The summed E-state index contributed by atoms with van der Waals surface area (Å²) in [7, 11) is 0. The zero-order valence-electron chi connectivity index (χ0n) is 11.8. The first-order valence-corrected chi connectivity index (χ1v) is 6.84. The van der Waals surface area contributed by atoms with Gasteiger partial charge in [0.2, 0.25) is 5.60 Å². The van der Waals surface area contributed by atoms with Gasteiger partial charge in [0, 0.05) is 11.1 Å². The van der Waals surface area contributed by atoms with Gasteiger partial charge in [0.15, 0.2) is 0 Å². The smallest absolute Gasteiger partial charge is 0.372 e. The van der Waals surface area contributed by atoms with Crippen LogP contribution in [0.5, 0.6) is 0 Å². The van der Waals surface area contributed by atoms with E-state index >= 15 is 0 Å². The van der Waals surface area contributed by atoms with E-state index in [2.05, 4.69) is 0 Å². The van der Waals surface area contributed by atoms with E-state index in [0.29, 0.717) is 17.5 Å². The Bertz CT molecular complexity index is 718. The van der Waals surface area contributed by atoms with Crippen molar-refractivity contribution < 1.29 is 18.3 Å². The Balaban J connectivity index is 2.46. The van der Waals surface area contributed by atoms with E-state index in [1.807, 2.05) is 13.8 Å². The number of hydrogen-bond donors (Lipinski definition) is 1. The van der Waals surface area contributed by atoms with E-state index in [1.165, 1.54) is 18.2 Å². The normalized spacial score (nSPS) is 20.3. The van der Waals surface area contributed by atoms with Crippen LogP contribution in [-0.2, 0) is 12.0 Å². The maximum Gasteiger partial charge on any atom is 0.425 e. The molecule has 1 aliphatic rings. The van der Waals surface area contributed by atoms with Crippen LogP contribution in [0.25, 0.3) is 11.1 Å². The van der Waals surface area contributed by atoms with Crippen LogP contribution >= 0.6 is 0 Å². The van der Waals surface area contributed by atoms with Gasteiger partial charge in [0.25, 0.3) is 0 Å². The second-order valence-corrected chi connectivity index (χ2v) is 5.39. The molecule has 0 saturated heterocycles. The van der Waals surface area contributed by atoms with E-state index in [4.69, 9.17) is 0 Å². The van der Waals surface area contributed by atoms with E-state index in [0.717, 1.165) is 11.1 Å². The Morgan fingerprint density at radius 2 is 1.71 bits per heavy atom. The molecule has 1 N–H and O–H groups in total. The lowest BCUT2D eigenvalue weighted by molar-refractivity contribution is -0.246. The molecule has 0 saturated carbocycles. The van der Waals surface area contributed by atoms with Crippen molar-refractivity contribution in [2.45, 2.75) is 32.0 Å². The van der Waals surface area contributed by atoms with Crippen molar-refractivity contribution in [3.05, 3.63) is 58.7 Å². The molecule has 1 atom stereocenters. The van der Waals surface area contributed by atoms with Crippen LogP contribution in [0.15, 0.2) is 36.4 Å². The molecule has 0 aliphatic heterocycles. The van der Waals surface area contributed by atoms with Crippen molar-refractivity contribution in [2.24, 2.45) is 0 Å². The average Bonchev–Trinajstić information content (AvgIpc) is 2.70. The molecular formula is C17H15F3O. The van der Waals surface area contributed by atoms with Gasteiger partial charge in [-0.2, -0.15) is 13.2 Å². The van der Waals surface area contributed by atoms with Crippen LogP contribution in [0.2, 0.25) is 0 Å². The van der Waals surface area contributed by atoms with Crippen LogP contribution < -0.4 is 0 Å². The molecule has 0 bridgehead atoms. The van der Waals surface area contributed by atoms with E-state index < -0.39 is 11.8 Å². The summed E-state index contributed by atoms with van der Waals surface area (Å²) >= 11 is 0. The first-order chi connectivity index (χ1) is 9.82. The fraction of sp³-hybridized carbons (Fsp3) is 0.294. The van der Waals surface area contributed by atoms with Crippen molar-refractivity contribution in [1.29, 1.82) is 0 Å². The summed E-state index contributed by atoms with van der Waals surface area (Å²) in [6.45, 7) is 3.79. The third kappa shape index (κ3) is 1.69. The molecule has 3 rings (SSSR count). The number of rotatable bonds is 1. The summed E-state index contributed by atoms with van der Waals surface area (Å²) in [5, 5.41) is 10.5. The molecule has 0 fully saturated rings. The third-order valence-corrected chi connectivity index (χ3v) is 4.29. The highest BCUT2D eigenvalue weighted by Gasteiger charge is 2.61. The van der Waals surface area contributed by atoms with Crippen molar-refractivity contribution in [2.75, 3.05) is 0 Å². The monoisotopic (exact) mass is 292 g/mol. The Hall–Kier alpha value is -1.81. The number of aliphatic hydroxyl groups is 1. The minimum atomic E-state index is -4.76. The average molecular weight is 292 g/mol. The van der Waals surface area contributed by atoms with Crippen LogP contribution in [0.3, 0.4) is 0 Å². The molecule has 1 unspecified atom stereocenters. The summed E-state index contributed by atoms with van der Waals surface area (Å²) in [5.74, 6) is 0. The van der Waals surface area contributed by atoms with Gasteiger partial charge in [0.1, 0.15) is 0 Å². The van der Waals surface area contributed by atoms with Gasteiger partial charge in [0.05, 0.1) is 0 Å². The fourth-order valence-corrected chi connectivity index (χ4v) is 3.28. The van der Waals surface area contributed by atoms with Gasteiger partial charge in [-0.25, -0.2) is 0 Å². The highest BCUT2D eigenvalue weighted by molar-refractivity contribution is 5.83. The highest BCUT2D eigenvalue weighted by atomic mass is 19.4. The quantitative estimate of drug-likeness (QED) is 0.829. The molecule has 0 heterocycles. The van der Waals surface area contributed by atoms with Crippen molar-refractivity contribution in [3.63, 3.8) is 0 Å². The first kappa shape index (κ1) is 14.1. The predicted molar refractivity (Wildman–Crippen MR) is 75.0 cm³/mol. The van der Waals surface area contributed by atoms with Gasteiger partial charge in [-0.15, -0.1) is 0 Å². The SMILES string of the molecule is CCc1c(C)ccc2c1-c1ccccc1C2(O)C(F)(F)F. The van der Waals surface area contributed by atoms with Gasteiger partial charge in [-0.1, -0.05) is 43.3 Å². The molecule has 4 heteroatoms. The maximum atomic E-state index is 13.6. The lowest BCUT2D eigenvalue weighted by Gasteiger charge is -2.28.